The van der Waals surface area contributed by atoms with E-state index in [1.807, 2.05) is 0 Å². The van der Waals surface area contributed by atoms with Gasteiger partial charge in [-0.15, -0.1) is 0 Å². The van der Waals surface area contributed by atoms with Gasteiger partial charge in [-0.25, -0.2) is 4.79 Å². The molecule has 1 N–H and O–H groups in total. The zero-order valence-corrected chi connectivity index (χ0v) is 11.8. The van der Waals surface area contributed by atoms with Crippen molar-refractivity contribution in [2.24, 2.45) is 5.92 Å². The highest BCUT2D eigenvalue weighted by atomic mass is 16.5. The first-order chi connectivity index (χ1) is 9.61. The first-order valence-corrected chi connectivity index (χ1v) is 6.99. The molecule has 1 aromatic heterocycles. The fourth-order valence-corrected chi connectivity index (χ4v) is 2.45. The molecular formula is C14H20N2O4. The summed E-state index contributed by atoms with van der Waals surface area (Å²) in [7, 11) is 0. The van der Waals surface area contributed by atoms with Crippen LogP contribution in [0.3, 0.4) is 0 Å². The van der Waals surface area contributed by atoms with Gasteiger partial charge in [-0.2, -0.15) is 5.10 Å². The van der Waals surface area contributed by atoms with Gasteiger partial charge in [-0.1, -0.05) is 0 Å². The van der Waals surface area contributed by atoms with Crippen LogP contribution in [0.1, 0.15) is 48.7 Å². The Kier molecular flexibility index (Phi) is 4.76. The van der Waals surface area contributed by atoms with E-state index in [1.54, 1.807) is 13.8 Å². The van der Waals surface area contributed by atoms with Crippen molar-refractivity contribution < 1.29 is 19.1 Å². The van der Waals surface area contributed by atoms with Crippen LogP contribution in [0.15, 0.2) is 6.20 Å². The van der Waals surface area contributed by atoms with E-state index in [1.165, 1.54) is 6.20 Å². The Morgan fingerprint density at radius 1 is 1.35 bits per heavy atom. The number of carbonyl (C=O) groups excluding carboxylic acids is 2. The SMILES string of the molecule is CCOC(=O)C1CCC(OC(=O)c2cn[nH]c2C)CC1. The summed E-state index contributed by atoms with van der Waals surface area (Å²) in [6, 6.07) is 0. The van der Waals surface area contributed by atoms with Crippen molar-refractivity contribution in [1.82, 2.24) is 10.2 Å². The number of hydrogen-bond donors (Lipinski definition) is 1. The maximum atomic E-state index is 11.9. The van der Waals surface area contributed by atoms with Gasteiger partial charge in [-0.3, -0.25) is 9.89 Å². The molecule has 1 aliphatic rings. The van der Waals surface area contributed by atoms with Gasteiger partial charge >= 0.3 is 11.9 Å². The number of aromatic nitrogens is 2. The lowest BCUT2D eigenvalue weighted by Gasteiger charge is -2.26. The van der Waals surface area contributed by atoms with Gasteiger partial charge in [0.25, 0.3) is 0 Å². The van der Waals surface area contributed by atoms with E-state index in [-0.39, 0.29) is 24.0 Å². The molecule has 0 aromatic carbocycles. The molecule has 1 aliphatic carbocycles. The molecule has 0 bridgehead atoms. The van der Waals surface area contributed by atoms with Crippen molar-refractivity contribution in [1.29, 1.82) is 0 Å². The predicted molar refractivity (Wildman–Crippen MR) is 71.1 cm³/mol. The third kappa shape index (κ3) is 3.37. The Bertz CT molecular complexity index is 475. The van der Waals surface area contributed by atoms with Crippen LogP contribution < -0.4 is 0 Å². The number of carbonyl (C=O) groups is 2. The molecule has 1 saturated carbocycles. The molecule has 0 radical (unpaired) electrons. The minimum Gasteiger partial charge on any atom is -0.466 e. The summed E-state index contributed by atoms with van der Waals surface area (Å²) < 4.78 is 10.5. The third-order valence-electron chi connectivity index (χ3n) is 3.62. The average molecular weight is 280 g/mol. The first-order valence-electron chi connectivity index (χ1n) is 6.99. The molecule has 110 valence electrons. The van der Waals surface area contributed by atoms with Gasteiger partial charge in [0.05, 0.1) is 18.7 Å². The minimum atomic E-state index is -0.351. The highest BCUT2D eigenvalue weighted by Crippen LogP contribution is 2.27. The number of nitrogens with one attached hydrogen (secondary N) is 1. The molecule has 0 saturated heterocycles. The molecule has 1 fully saturated rings. The summed E-state index contributed by atoms with van der Waals surface area (Å²) in [5.74, 6) is -0.542. The topological polar surface area (TPSA) is 81.3 Å². The van der Waals surface area contributed by atoms with Crippen molar-refractivity contribution in [2.75, 3.05) is 6.61 Å². The summed E-state index contributed by atoms with van der Waals surface area (Å²) in [5, 5.41) is 6.52. The van der Waals surface area contributed by atoms with Crippen LogP contribution in [0.5, 0.6) is 0 Å². The molecule has 0 amide bonds. The molecule has 6 nitrogen and oxygen atoms in total. The number of nitrogens with zero attached hydrogens (tertiary/aromatic N) is 1. The molecule has 1 heterocycles. The van der Waals surface area contributed by atoms with E-state index in [9.17, 15) is 9.59 Å². The fraction of sp³-hybridized carbons (Fsp3) is 0.643. The monoisotopic (exact) mass is 280 g/mol. The van der Waals surface area contributed by atoms with Gasteiger partial charge in [0.2, 0.25) is 0 Å². The maximum Gasteiger partial charge on any atom is 0.341 e. The highest BCUT2D eigenvalue weighted by Gasteiger charge is 2.29. The number of H-pyrrole nitrogens is 1. The molecule has 1 aromatic rings. The number of aromatic amines is 1. The average Bonchev–Trinajstić information content (AvgIpc) is 2.86. The van der Waals surface area contributed by atoms with Crippen molar-refractivity contribution >= 4 is 11.9 Å². The van der Waals surface area contributed by atoms with Crippen LogP contribution in [-0.2, 0) is 14.3 Å². The van der Waals surface area contributed by atoms with Crippen molar-refractivity contribution in [3.8, 4) is 0 Å². The van der Waals surface area contributed by atoms with Crippen molar-refractivity contribution in [3.63, 3.8) is 0 Å². The summed E-state index contributed by atoms with van der Waals surface area (Å²) in [6.07, 6.45) is 4.17. The van der Waals surface area contributed by atoms with Crippen LogP contribution in [0.4, 0.5) is 0 Å². The minimum absolute atomic E-state index is 0.0550. The summed E-state index contributed by atoms with van der Waals surface area (Å²) >= 11 is 0. The van der Waals surface area contributed by atoms with Crippen LogP contribution in [0.25, 0.3) is 0 Å². The predicted octanol–water partition coefficient (Wildman–Crippen LogP) is 2.00. The van der Waals surface area contributed by atoms with E-state index in [4.69, 9.17) is 9.47 Å². The number of hydrogen-bond acceptors (Lipinski definition) is 5. The van der Waals surface area contributed by atoms with Crippen molar-refractivity contribution in [3.05, 3.63) is 17.5 Å². The molecule has 0 unspecified atom stereocenters. The maximum absolute atomic E-state index is 11.9. The van der Waals surface area contributed by atoms with Crippen LogP contribution >= 0.6 is 0 Å². The van der Waals surface area contributed by atoms with Crippen molar-refractivity contribution in [2.45, 2.75) is 45.6 Å². The van der Waals surface area contributed by atoms with Gasteiger partial charge in [0.1, 0.15) is 11.7 Å². The Balaban J connectivity index is 1.81. The quantitative estimate of drug-likeness (QED) is 0.853. The summed E-state index contributed by atoms with van der Waals surface area (Å²) in [5.41, 5.74) is 1.17. The van der Waals surface area contributed by atoms with Crippen LogP contribution in [-0.4, -0.2) is 34.8 Å². The summed E-state index contributed by atoms with van der Waals surface area (Å²) in [6.45, 7) is 3.99. The fourth-order valence-electron chi connectivity index (χ4n) is 2.45. The Hall–Kier alpha value is -1.85. The lowest BCUT2D eigenvalue weighted by molar-refractivity contribution is -0.149. The normalized spacial score (nSPS) is 22.3. The lowest BCUT2D eigenvalue weighted by atomic mass is 9.87. The standard InChI is InChI=1S/C14H20N2O4/c1-3-19-13(17)10-4-6-11(7-5-10)20-14(18)12-8-15-16-9(12)2/h8,10-11H,3-7H2,1-2H3,(H,15,16). The Morgan fingerprint density at radius 2 is 2.05 bits per heavy atom. The zero-order valence-electron chi connectivity index (χ0n) is 11.8. The van der Waals surface area contributed by atoms with Gasteiger partial charge in [0, 0.05) is 5.69 Å². The van der Waals surface area contributed by atoms with E-state index in [0.717, 1.165) is 0 Å². The molecule has 0 aliphatic heterocycles. The first kappa shape index (κ1) is 14.6. The second-order valence-corrected chi connectivity index (χ2v) is 5.04. The van der Waals surface area contributed by atoms with Gasteiger partial charge < -0.3 is 9.47 Å². The van der Waals surface area contributed by atoms with E-state index in [0.29, 0.717) is 43.5 Å². The Labute approximate surface area is 117 Å². The molecule has 2 rings (SSSR count). The van der Waals surface area contributed by atoms with E-state index in [2.05, 4.69) is 10.2 Å². The molecule has 20 heavy (non-hydrogen) atoms. The van der Waals surface area contributed by atoms with Gasteiger partial charge in [0.15, 0.2) is 0 Å². The lowest BCUT2D eigenvalue weighted by Crippen LogP contribution is -2.29. The number of rotatable bonds is 4. The summed E-state index contributed by atoms with van der Waals surface area (Å²) in [4.78, 5) is 23.6. The second-order valence-electron chi connectivity index (χ2n) is 5.04. The van der Waals surface area contributed by atoms with Gasteiger partial charge in [-0.05, 0) is 39.5 Å². The number of esters is 2. The molecule has 0 atom stereocenters. The van der Waals surface area contributed by atoms with E-state index >= 15 is 0 Å². The smallest absolute Gasteiger partial charge is 0.341 e. The van der Waals surface area contributed by atoms with Crippen LogP contribution in [0, 0.1) is 12.8 Å². The highest BCUT2D eigenvalue weighted by molar-refractivity contribution is 5.90. The largest absolute Gasteiger partial charge is 0.466 e. The van der Waals surface area contributed by atoms with Crippen LogP contribution in [0.2, 0.25) is 0 Å². The third-order valence-corrected chi connectivity index (χ3v) is 3.62. The Morgan fingerprint density at radius 3 is 2.60 bits per heavy atom. The van der Waals surface area contributed by atoms with E-state index < -0.39 is 0 Å². The molecule has 0 spiro atoms. The number of aryl methyl sites for hydroxylation is 1. The molecular weight excluding hydrogens is 260 g/mol. The zero-order chi connectivity index (χ0) is 14.5. The number of ether oxygens (including phenoxy) is 2. The second kappa shape index (κ2) is 6.54. The molecule has 6 heteroatoms.